The Balaban J connectivity index is 1.53. The quantitative estimate of drug-likeness (QED) is 0.0528. The number of nitrogens with one attached hydrogen (secondary N) is 1. The second kappa shape index (κ2) is 16.8. The van der Waals surface area contributed by atoms with Crippen LogP contribution in [-0.2, 0) is 33.5 Å². The van der Waals surface area contributed by atoms with Crippen LogP contribution in [-0.4, -0.2) is 52.3 Å². The Kier molecular flexibility index (Phi) is 12.3. The molecule has 0 radical (unpaired) electrons. The lowest BCUT2D eigenvalue weighted by Crippen LogP contribution is -2.38. The standard InChI is InChI=1S/C36H36ClN2O9P/c1-42-29-17-13-27(14-18-29)36(26-9-4-3-5-10-26,28-15-19-30(43-2)20-16-28)44-24-34-33(23-35(46-34)39-25-40)48-49(41,45-22-8-21-38)47-32-12-7-6-11-31(32)37/h3-7,9-20,25,33-35H,8,22-24H2,1-2H3,(H,39,40)/t33-,34+,35+,49?/m0/s1. The predicted molar refractivity (Wildman–Crippen MR) is 181 cm³/mol. The number of nitrogens with zero attached hydrogens (tertiary/aromatic N) is 1. The summed E-state index contributed by atoms with van der Waals surface area (Å²) in [6.45, 7) is -0.325. The van der Waals surface area contributed by atoms with Crippen LogP contribution in [0, 0.1) is 11.3 Å². The lowest BCUT2D eigenvalue weighted by atomic mass is 9.80. The van der Waals surface area contributed by atoms with Crippen molar-refractivity contribution < 1.29 is 41.9 Å². The molecule has 49 heavy (non-hydrogen) atoms. The number of methoxy groups -OCH3 is 2. The van der Waals surface area contributed by atoms with Crippen LogP contribution in [0.15, 0.2) is 103 Å². The summed E-state index contributed by atoms with van der Waals surface area (Å²) in [5, 5.41) is 11.9. The van der Waals surface area contributed by atoms with E-state index < -0.39 is 31.9 Å². The minimum absolute atomic E-state index is 0.0639. The van der Waals surface area contributed by atoms with Crippen LogP contribution in [0.1, 0.15) is 29.5 Å². The van der Waals surface area contributed by atoms with E-state index in [1.54, 1.807) is 32.4 Å². The Morgan fingerprint density at radius 1 is 0.918 bits per heavy atom. The lowest BCUT2D eigenvalue weighted by molar-refractivity contribution is -0.116. The summed E-state index contributed by atoms with van der Waals surface area (Å²) in [6, 6.07) is 33.1. The highest BCUT2D eigenvalue weighted by Gasteiger charge is 2.46. The van der Waals surface area contributed by atoms with Crippen molar-refractivity contribution in [3.8, 4) is 23.3 Å². The van der Waals surface area contributed by atoms with Gasteiger partial charge < -0.3 is 28.8 Å². The number of phosphoric acid groups is 1. The molecule has 0 aliphatic carbocycles. The first kappa shape index (κ1) is 35.9. The van der Waals surface area contributed by atoms with Crippen molar-refractivity contribution in [1.82, 2.24) is 5.32 Å². The van der Waals surface area contributed by atoms with Gasteiger partial charge in [-0.15, -0.1) is 0 Å². The lowest BCUT2D eigenvalue weighted by Gasteiger charge is -2.37. The maximum absolute atomic E-state index is 14.1. The van der Waals surface area contributed by atoms with Crippen molar-refractivity contribution >= 4 is 25.8 Å². The largest absolute Gasteiger partial charge is 0.530 e. The van der Waals surface area contributed by atoms with E-state index >= 15 is 0 Å². The van der Waals surface area contributed by atoms with Crippen molar-refractivity contribution in [1.29, 1.82) is 5.26 Å². The molecule has 0 saturated carbocycles. The number of amides is 1. The Morgan fingerprint density at radius 2 is 1.51 bits per heavy atom. The van der Waals surface area contributed by atoms with E-state index in [0.717, 1.165) is 16.7 Å². The molecule has 1 saturated heterocycles. The molecule has 1 N–H and O–H groups in total. The summed E-state index contributed by atoms with van der Waals surface area (Å²) in [4.78, 5) is 11.5. The van der Waals surface area contributed by atoms with Crippen molar-refractivity contribution in [2.24, 2.45) is 0 Å². The predicted octanol–water partition coefficient (Wildman–Crippen LogP) is 7.03. The van der Waals surface area contributed by atoms with Gasteiger partial charge >= 0.3 is 7.82 Å². The van der Waals surface area contributed by atoms with Gasteiger partial charge in [-0.3, -0.25) is 13.8 Å². The third-order valence-electron chi connectivity index (χ3n) is 7.87. The molecule has 1 heterocycles. The van der Waals surface area contributed by atoms with Gasteiger partial charge in [0.1, 0.15) is 41.3 Å². The normalized spacial score (nSPS) is 18.5. The zero-order chi connectivity index (χ0) is 34.7. The summed E-state index contributed by atoms with van der Waals surface area (Å²) in [6.07, 6.45) is -2.08. The van der Waals surface area contributed by atoms with Gasteiger partial charge in [0, 0.05) is 6.42 Å². The monoisotopic (exact) mass is 706 g/mol. The van der Waals surface area contributed by atoms with Crippen molar-refractivity contribution in [2.75, 3.05) is 27.4 Å². The zero-order valence-corrected chi connectivity index (χ0v) is 28.5. The molecule has 0 bridgehead atoms. The first-order valence-electron chi connectivity index (χ1n) is 15.4. The zero-order valence-electron chi connectivity index (χ0n) is 26.9. The van der Waals surface area contributed by atoms with Crippen LogP contribution in [0.5, 0.6) is 17.2 Å². The number of carbonyl (C=O) groups excluding carboxylic acids is 1. The number of phosphoric ester groups is 1. The molecular formula is C36H36ClN2O9P. The number of halogens is 1. The summed E-state index contributed by atoms with van der Waals surface area (Å²) >= 11 is 6.30. The fourth-order valence-electron chi connectivity index (χ4n) is 5.53. The van der Waals surface area contributed by atoms with Gasteiger partial charge in [0.25, 0.3) is 0 Å². The SMILES string of the molecule is COc1ccc(C(OC[C@H]2O[C@@H](NC=O)C[C@@H]2OP(=O)(OCCC#N)Oc2ccccc2Cl)(c2ccccc2)c2ccc(OC)cc2)cc1. The Morgan fingerprint density at radius 3 is 2.08 bits per heavy atom. The minimum atomic E-state index is -4.40. The summed E-state index contributed by atoms with van der Waals surface area (Å²) in [5.74, 6) is 1.41. The summed E-state index contributed by atoms with van der Waals surface area (Å²) < 4.78 is 55.6. The Labute approximate surface area is 290 Å². The van der Waals surface area contributed by atoms with E-state index in [2.05, 4.69) is 5.32 Å². The molecule has 0 spiro atoms. The summed E-state index contributed by atoms with van der Waals surface area (Å²) in [7, 11) is -1.21. The first-order chi connectivity index (χ1) is 23.8. The molecule has 1 amide bonds. The van der Waals surface area contributed by atoms with E-state index in [1.807, 2.05) is 84.9 Å². The van der Waals surface area contributed by atoms with Crippen LogP contribution in [0.2, 0.25) is 5.02 Å². The van der Waals surface area contributed by atoms with E-state index in [0.29, 0.717) is 17.9 Å². The topological polar surface area (TPSA) is 135 Å². The van der Waals surface area contributed by atoms with Crippen LogP contribution >= 0.6 is 19.4 Å². The van der Waals surface area contributed by atoms with Crippen LogP contribution in [0.4, 0.5) is 0 Å². The molecule has 5 rings (SSSR count). The highest BCUT2D eigenvalue weighted by atomic mass is 35.5. The molecule has 1 aliphatic heterocycles. The van der Waals surface area contributed by atoms with Gasteiger partial charge in [0.2, 0.25) is 6.41 Å². The first-order valence-corrected chi connectivity index (χ1v) is 17.3. The van der Waals surface area contributed by atoms with Gasteiger partial charge in [0.05, 0.1) is 44.9 Å². The number of ether oxygens (including phenoxy) is 4. The Bertz CT molecular complexity index is 1710. The molecule has 256 valence electrons. The fourth-order valence-corrected chi connectivity index (χ4v) is 7.18. The molecule has 4 aromatic rings. The molecule has 1 unspecified atom stereocenters. The molecule has 4 atom stereocenters. The van der Waals surface area contributed by atoms with E-state index in [1.165, 1.54) is 6.07 Å². The highest BCUT2D eigenvalue weighted by Crippen LogP contribution is 2.54. The van der Waals surface area contributed by atoms with Crippen molar-refractivity contribution in [3.05, 3.63) is 125 Å². The van der Waals surface area contributed by atoms with Crippen molar-refractivity contribution in [2.45, 2.75) is 36.9 Å². The second-order valence-corrected chi connectivity index (χ2v) is 12.8. The van der Waals surface area contributed by atoms with E-state index in [-0.39, 0.29) is 36.8 Å². The number of benzene rings is 4. The van der Waals surface area contributed by atoms with Crippen LogP contribution < -0.4 is 19.3 Å². The maximum Gasteiger partial charge on any atom is 0.530 e. The molecule has 13 heteroatoms. The van der Waals surface area contributed by atoms with Gasteiger partial charge in [-0.05, 0) is 53.1 Å². The van der Waals surface area contributed by atoms with Gasteiger partial charge in [-0.2, -0.15) is 5.26 Å². The minimum Gasteiger partial charge on any atom is -0.497 e. The molecule has 1 aliphatic rings. The highest BCUT2D eigenvalue weighted by molar-refractivity contribution is 7.49. The van der Waals surface area contributed by atoms with Gasteiger partial charge in [-0.25, -0.2) is 4.57 Å². The smallest absolute Gasteiger partial charge is 0.497 e. The molecule has 0 aromatic heterocycles. The number of carbonyl (C=O) groups is 1. The van der Waals surface area contributed by atoms with Crippen LogP contribution in [0.25, 0.3) is 0 Å². The molecule has 11 nitrogen and oxygen atoms in total. The third-order valence-corrected chi connectivity index (χ3v) is 9.63. The van der Waals surface area contributed by atoms with Crippen molar-refractivity contribution in [3.63, 3.8) is 0 Å². The van der Waals surface area contributed by atoms with Crippen LogP contribution in [0.3, 0.4) is 0 Å². The van der Waals surface area contributed by atoms with E-state index in [4.69, 9.17) is 49.4 Å². The fraction of sp³-hybridized carbons (Fsp3) is 0.278. The van der Waals surface area contributed by atoms with Gasteiger partial charge in [0.15, 0.2) is 0 Å². The maximum atomic E-state index is 14.1. The molecular weight excluding hydrogens is 671 g/mol. The average molecular weight is 707 g/mol. The second-order valence-electron chi connectivity index (χ2n) is 10.9. The number of hydrogen-bond donors (Lipinski definition) is 1. The number of hydrogen-bond acceptors (Lipinski definition) is 10. The average Bonchev–Trinajstić information content (AvgIpc) is 3.50. The number of rotatable bonds is 17. The third kappa shape index (κ3) is 8.61. The number of nitriles is 1. The Hall–Kier alpha value is -4.40. The molecule has 4 aromatic carbocycles. The van der Waals surface area contributed by atoms with Gasteiger partial charge in [-0.1, -0.05) is 78.3 Å². The summed E-state index contributed by atoms with van der Waals surface area (Å²) in [5.41, 5.74) is 1.20. The number of para-hydroxylation sites is 1. The molecule has 1 fully saturated rings. The van der Waals surface area contributed by atoms with E-state index in [9.17, 15) is 9.36 Å².